The summed E-state index contributed by atoms with van der Waals surface area (Å²) in [6.45, 7) is 2.55. The zero-order chi connectivity index (χ0) is 18.2. The van der Waals surface area contributed by atoms with Crippen LogP contribution in [-0.4, -0.2) is 23.5 Å². The molecule has 0 atom stereocenters. The predicted octanol–water partition coefficient (Wildman–Crippen LogP) is 4.68. The maximum Gasteiger partial charge on any atom is 0.251 e. The molecule has 26 heavy (non-hydrogen) atoms. The number of anilines is 2. The molecule has 1 aromatic heterocycles. The van der Waals surface area contributed by atoms with Crippen LogP contribution in [0.25, 0.3) is 0 Å². The van der Waals surface area contributed by atoms with E-state index in [1.807, 2.05) is 31.2 Å². The zero-order valence-electron chi connectivity index (χ0n) is 15.3. The number of pyridine rings is 1. The molecule has 0 saturated heterocycles. The van der Waals surface area contributed by atoms with Crippen LogP contribution >= 0.6 is 0 Å². The third kappa shape index (κ3) is 4.97. The van der Waals surface area contributed by atoms with Gasteiger partial charge in [0.25, 0.3) is 5.91 Å². The number of rotatable bonds is 6. The van der Waals surface area contributed by atoms with Crippen LogP contribution in [0.2, 0.25) is 0 Å². The number of nitrogens with zero attached hydrogens (tertiary/aromatic N) is 1. The minimum absolute atomic E-state index is 0.0274. The Morgan fingerprint density at radius 3 is 2.69 bits per heavy atom. The average molecular weight is 353 g/mol. The second-order valence-electron chi connectivity index (χ2n) is 6.65. The third-order valence-corrected chi connectivity index (χ3v) is 4.66. The molecule has 2 aromatic rings. The first-order valence-corrected chi connectivity index (χ1v) is 9.52. The van der Waals surface area contributed by atoms with Crippen LogP contribution in [0.15, 0.2) is 42.6 Å². The van der Waals surface area contributed by atoms with Crippen LogP contribution < -0.4 is 15.4 Å². The SMILES string of the molecule is CCOc1ccccc1Nc1cc(C(=O)NC2CCCCCC2)ccn1. The van der Waals surface area contributed by atoms with Crippen LogP contribution in [-0.2, 0) is 0 Å². The summed E-state index contributed by atoms with van der Waals surface area (Å²) in [7, 11) is 0. The van der Waals surface area contributed by atoms with Gasteiger partial charge in [0.1, 0.15) is 11.6 Å². The van der Waals surface area contributed by atoms with Crippen molar-refractivity contribution in [2.75, 3.05) is 11.9 Å². The van der Waals surface area contributed by atoms with E-state index >= 15 is 0 Å². The molecule has 1 saturated carbocycles. The van der Waals surface area contributed by atoms with Gasteiger partial charge in [-0.2, -0.15) is 0 Å². The monoisotopic (exact) mass is 353 g/mol. The number of amides is 1. The molecule has 5 nitrogen and oxygen atoms in total. The van der Waals surface area contributed by atoms with E-state index in [1.54, 1.807) is 18.3 Å². The van der Waals surface area contributed by atoms with Crippen LogP contribution in [0.1, 0.15) is 55.8 Å². The number of carbonyl (C=O) groups excluding carboxylic acids is 1. The fourth-order valence-corrected chi connectivity index (χ4v) is 3.32. The molecule has 1 heterocycles. The van der Waals surface area contributed by atoms with E-state index in [1.165, 1.54) is 25.7 Å². The van der Waals surface area contributed by atoms with Crippen molar-refractivity contribution in [3.63, 3.8) is 0 Å². The van der Waals surface area contributed by atoms with Gasteiger partial charge in [-0.1, -0.05) is 37.8 Å². The molecule has 1 aromatic carbocycles. The van der Waals surface area contributed by atoms with Gasteiger partial charge < -0.3 is 15.4 Å². The van der Waals surface area contributed by atoms with E-state index in [-0.39, 0.29) is 11.9 Å². The number of hydrogen-bond acceptors (Lipinski definition) is 4. The van der Waals surface area contributed by atoms with Crippen LogP contribution in [0.5, 0.6) is 5.75 Å². The van der Waals surface area contributed by atoms with E-state index in [0.717, 1.165) is 24.3 Å². The van der Waals surface area contributed by atoms with Crippen molar-refractivity contribution < 1.29 is 9.53 Å². The van der Waals surface area contributed by atoms with Crippen LogP contribution in [0, 0.1) is 0 Å². The summed E-state index contributed by atoms with van der Waals surface area (Å²) in [6.07, 6.45) is 8.75. The Labute approximate surface area is 155 Å². The fraction of sp³-hybridized carbons (Fsp3) is 0.429. The predicted molar refractivity (Wildman–Crippen MR) is 104 cm³/mol. The largest absolute Gasteiger partial charge is 0.492 e. The lowest BCUT2D eigenvalue weighted by Crippen LogP contribution is -2.34. The molecule has 0 unspecified atom stereocenters. The second kappa shape index (κ2) is 9.22. The molecular weight excluding hydrogens is 326 g/mol. The van der Waals surface area contributed by atoms with Crippen molar-refractivity contribution >= 4 is 17.4 Å². The molecule has 0 spiro atoms. The molecule has 1 amide bonds. The Bertz CT molecular complexity index is 725. The van der Waals surface area contributed by atoms with Gasteiger partial charge in [0.05, 0.1) is 12.3 Å². The molecule has 3 rings (SSSR count). The lowest BCUT2D eigenvalue weighted by Gasteiger charge is -2.16. The highest BCUT2D eigenvalue weighted by molar-refractivity contribution is 5.95. The number of hydrogen-bond donors (Lipinski definition) is 2. The van der Waals surface area contributed by atoms with Gasteiger partial charge in [-0.05, 0) is 44.0 Å². The Morgan fingerprint density at radius 1 is 1.15 bits per heavy atom. The zero-order valence-corrected chi connectivity index (χ0v) is 15.3. The van der Waals surface area contributed by atoms with E-state index in [0.29, 0.717) is 18.0 Å². The summed E-state index contributed by atoms with van der Waals surface area (Å²) >= 11 is 0. The molecule has 2 N–H and O–H groups in total. The maximum atomic E-state index is 12.6. The van der Waals surface area contributed by atoms with Gasteiger partial charge in [0.2, 0.25) is 0 Å². The first-order valence-electron chi connectivity index (χ1n) is 9.52. The molecule has 0 aliphatic heterocycles. The van der Waals surface area contributed by atoms with Crippen molar-refractivity contribution in [1.82, 2.24) is 10.3 Å². The molecule has 0 bridgehead atoms. The molecule has 1 aliphatic carbocycles. The smallest absolute Gasteiger partial charge is 0.251 e. The van der Waals surface area contributed by atoms with E-state index in [2.05, 4.69) is 15.6 Å². The van der Waals surface area contributed by atoms with Crippen LogP contribution in [0.4, 0.5) is 11.5 Å². The Balaban J connectivity index is 1.69. The third-order valence-electron chi connectivity index (χ3n) is 4.66. The molecule has 138 valence electrons. The Hall–Kier alpha value is -2.56. The van der Waals surface area contributed by atoms with Gasteiger partial charge in [0, 0.05) is 17.8 Å². The van der Waals surface area contributed by atoms with Gasteiger partial charge in [-0.25, -0.2) is 4.98 Å². The van der Waals surface area contributed by atoms with Gasteiger partial charge in [0.15, 0.2) is 0 Å². The van der Waals surface area contributed by atoms with Crippen molar-refractivity contribution in [2.45, 2.75) is 51.5 Å². The number of para-hydroxylation sites is 2. The average Bonchev–Trinajstić information content (AvgIpc) is 2.92. The summed E-state index contributed by atoms with van der Waals surface area (Å²) in [5.41, 5.74) is 1.46. The molecule has 1 aliphatic rings. The highest BCUT2D eigenvalue weighted by Crippen LogP contribution is 2.27. The van der Waals surface area contributed by atoms with E-state index in [9.17, 15) is 4.79 Å². The summed E-state index contributed by atoms with van der Waals surface area (Å²) < 4.78 is 5.63. The maximum absolute atomic E-state index is 12.6. The van der Waals surface area contributed by atoms with Gasteiger partial charge in [-0.15, -0.1) is 0 Å². The summed E-state index contributed by atoms with van der Waals surface area (Å²) in [4.78, 5) is 16.9. The standard InChI is InChI=1S/C21H27N3O2/c1-2-26-19-12-8-7-11-18(19)24-20-15-16(13-14-22-20)21(25)23-17-9-5-3-4-6-10-17/h7-8,11-15,17H,2-6,9-10H2,1H3,(H,22,24)(H,23,25). The fourth-order valence-electron chi connectivity index (χ4n) is 3.32. The van der Waals surface area contributed by atoms with Crippen molar-refractivity contribution in [3.8, 4) is 5.75 Å². The Kier molecular flexibility index (Phi) is 6.47. The van der Waals surface area contributed by atoms with Crippen molar-refractivity contribution in [2.24, 2.45) is 0 Å². The minimum Gasteiger partial charge on any atom is -0.492 e. The molecular formula is C21H27N3O2. The second-order valence-corrected chi connectivity index (χ2v) is 6.65. The lowest BCUT2D eigenvalue weighted by molar-refractivity contribution is 0.0933. The van der Waals surface area contributed by atoms with E-state index in [4.69, 9.17) is 4.74 Å². The number of carbonyl (C=O) groups is 1. The molecule has 1 fully saturated rings. The topological polar surface area (TPSA) is 63.2 Å². The quantitative estimate of drug-likeness (QED) is 0.740. The number of benzene rings is 1. The van der Waals surface area contributed by atoms with Gasteiger partial charge in [-0.3, -0.25) is 4.79 Å². The van der Waals surface area contributed by atoms with Crippen molar-refractivity contribution in [1.29, 1.82) is 0 Å². The van der Waals surface area contributed by atoms with Crippen molar-refractivity contribution in [3.05, 3.63) is 48.2 Å². The summed E-state index contributed by atoms with van der Waals surface area (Å²) in [5, 5.41) is 6.43. The minimum atomic E-state index is -0.0274. The summed E-state index contributed by atoms with van der Waals surface area (Å²) in [5.74, 6) is 1.37. The first kappa shape index (κ1) is 18.2. The normalized spacial score (nSPS) is 15.1. The van der Waals surface area contributed by atoms with Crippen LogP contribution in [0.3, 0.4) is 0 Å². The number of nitrogens with one attached hydrogen (secondary N) is 2. The highest BCUT2D eigenvalue weighted by atomic mass is 16.5. The Morgan fingerprint density at radius 2 is 1.92 bits per heavy atom. The highest BCUT2D eigenvalue weighted by Gasteiger charge is 2.16. The summed E-state index contributed by atoms with van der Waals surface area (Å²) in [6, 6.07) is 11.5. The molecule has 0 radical (unpaired) electrons. The lowest BCUT2D eigenvalue weighted by atomic mass is 10.1. The first-order chi connectivity index (χ1) is 12.8. The number of ether oxygens (including phenoxy) is 1. The van der Waals surface area contributed by atoms with Gasteiger partial charge >= 0.3 is 0 Å². The molecule has 5 heteroatoms. The number of aromatic nitrogens is 1. The van der Waals surface area contributed by atoms with E-state index < -0.39 is 0 Å².